The lowest BCUT2D eigenvalue weighted by Gasteiger charge is -2.13. The molecule has 23 heavy (non-hydrogen) atoms. The summed E-state index contributed by atoms with van der Waals surface area (Å²) in [6, 6.07) is 3.06. The van der Waals surface area contributed by atoms with Crippen LogP contribution in [-0.2, 0) is 9.53 Å². The predicted molar refractivity (Wildman–Crippen MR) is 84.5 cm³/mol. The normalized spacial score (nSPS) is 11.8. The fourth-order valence-electron chi connectivity index (χ4n) is 1.92. The standard InChI is InChI=1S/C15H16N2O5S/c1-7-6-11(8(2)21-7)15(20)22-9(3)13(19)17-14-10(12(16)18)4-5-23-14/h4-6,9H,1-3H3,(H2,16,18)(H,17,19). The van der Waals surface area contributed by atoms with Crippen molar-refractivity contribution in [3.05, 3.63) is 40.2 Å². The first kappa shape index (κ1) is 16.8. The van der Waals surface area contributed by atoms with E-state index in [9.17, 15) is 14.4 Å². The van der Waals surface area contributed by atoms with Crippen LogP contribution in [0.15, 0.2) is 21.9 Å². The van der Waals surface area contributed by atoms with Crippen LogP contribution in [-0.4, -0.2) is 23.9 Å². The minimum Gasteiger partial charge on any atom is -0.466 e. The number of furan rings is 1. The van der Waals surface area contributed by atoms with Gasteiger partial charge in [0.2, 0.25) is 0 Å². The lowest BCUT2D eigenvalue weighted by Crippen LogP contribution is -2.30. The molecule has 3 N–H and O–H groups in total. The summed E-state index contributed by atoms with van der Waals surface area (Å²) < 4.78 is 10.4. The number of rotatable bonds is 5. The molecule has 2 amide bonds. The molecule has 2 rings (SSSR count). The first-order valence-corrected chi connectivity index (χ1v) is 7.63. The maximum atomic E-state index is 12.1. The van der Waals surface area contributed by atoms with Crippen LogP contribution in [0.2, 0.25) is 0 Å². The van der Waals surface area contributed by atoms with Crippen molar-refractivity contribution in [3.63, 3.8) is 0 Å². The van der Waals surface area contributed by atoms with Crippen molar-refractivity contribution in [3.8, 4) is 0 Å². The molecule has 1 unspecified atom stereocenters. The van der Waals surface area contributed by atoms with E-state index in [-0.39, 0.29) is 11.1 Å². The molecule has 2 aromatic rings. The zero-order chi connectivity index (χ0) is 17.1. The Kier molecular flexibility index (Phi) is 4.85. The minimum atomic E-state index is -1.04. The third-order valence-corrected chi connectivity index (χ3v) is 3.91. The van der Waals surface area contributed by atoms with Crippen LogP contribution in [0, 0.1) is 13.8 Å². The molecular formula is C15H16N2O5S. The van der Waals surface area contributed by atoms with Crippen LogP contribution in [0.4, 0.5) is 5.00 Å². The molecule has 0 aliphatic heterocycles. The molecule has 0 bridgehead atoms. The van der Waals surface area contributed by atoms with Crippen molar-refractivity contribution in [2.75, 3.05) is 5.32 Å². The molecule has 0 aliphatic carbocycles. The highest BCUT2D eigenvalue weighted by Gasteiger charge is 2.23. The lowest BCUT2D eigenvalue weighted by molar-refractivity contribution is -0.123. The number of carbonyl (C=O) groups excluding carboxylic acids is 3. The lowest BCUT2D eigenvalue weighted by atomic mass is 10.2. The highest BCUT2D eigenvalue weighted by Crippen LogP contribution is 2.23. The predicted octanol–water partition coefficient (Wildman–Crippen LogP) is 2.24. The Bertz CT molecular complexity index is 762. The quantitative estimate of drug-likeness (QED) is 0.813. The van der Waals surface area contributed by atoms with Crippen LogP contribution >= 0.6 is 11.3 Å². The molecule has 1 atom stereocenters. The van der Waals surface area contributed by atoms with Gasteiger partial charge in [0.1, 0.15) is 22.1 Å². The number of anilines is 1. The first-order valence-electron chi connectivity index (χ1n) is 6.75. The van der Waals surface area contributed by atoms with Crippen molar-refractivity contribution in [1.82, 2.24) is 0 Å². The average Bonchev–Trinajstić information content (AvgIpc) is 3.04. The van der Waals surface area contributed by atoms with E-state index in [1.54, 1.807) is 25.3 Å². The Balaban J connectivity index is 2.02. The van der Waals surface area contributed by atoms with Gasteiger partial charge in [0.05, 0.1) is 5.56 Å². The Labute approximate surface area is 136 Å². The van der Waals surface area contributed by atoms with Crippen molar-refractivity contribution >= 4 is 34.1 Å². The highest BCUT2D eigenvalue weighted by atomic mass is 32.1. The summed E-state index contributed by atoms with van der Waals surface area (Å²) in [7, 11) is 0. The third kappa shape index (κ3) is 3.78. The molecule has 0 spiro atoms. The number of hydrogen-bond donors (Lipinski definition) is 2. The number of hydrogen-bond acceptors (Lipinski definition) is 6. The zero-order valence-corrected chi connectivity index (χ0v) is 13.7. The number of primary amides is 1. The molecular weight excluding hydrogens is 320 g/mol. The number of ether oxygens (including phenoxy) is 1. The van der Waals surface area contributed by atoms with Gasteiger partial charge in [-0.3, -0.25) is 9.59 Å². The molecule has 0 aromatic carbocycles. The van der Waals surface area contributed by atoms with E-state index in [0.717, 1.165) is 11.3 Å². The minimum absolute atomic E-state index is 0.211. The highest BCUT2D eigenvalue weighted by molar-refractivity contribution is 7.14. The van der Waals surface area contributed by atoms with E-state index in [4.69, 9.17) is 14.9 Å². The van der Waals surface area contributed by atoms with Gasteiger partial charge in [-0.05, 0) is 38.3 Å². The van der Waals surface area contributed by atoms with Crippen molar-refractivity contribution < 1.29 is 23.5 Å². The monoisotopic (exact) mass is 336 g/mol. The second-order valence-corrected chi connectivity index (χ2v) is 5.81. The summed E-state index contributed by atoms with van der Waals surface area (Å²) in [5, 5.41) is 4.48. The van der Waals surface area contributed by atoms with Gasteiger partial charge in [0.15, 0.2) is 6.10 Å². The maximum absolute atomic E-state index is 12.1. The number of nitrogens with two attached hydrogens (primary N) is 1. The molecule has 8 heteroatoms. The second kappa shape index (κ2) is 6.66. The molecule has 0 fully saturated rings. The van der Waals surface area contributed by atoms with E-state index in [2.05, 4.69) is 5.32 Å². The summed E-state index contributed by atoms with van der Waals surface area (Å²) >= 11 is 1.16. The van der Waals surface area contributed by atoms with Crippen LogP contribution in [0.3, 0.4) is 0 Å². The fraction of sp³-hybridized carbons (Fsp3) is 0.267. The summed E-state index contributed by atoms with van der Waals surface area (Å²) in [6.45, 7) is 4.79. The molecule has 0 saturated heterocycles. The number of amides is 2. The molecule has 2 aromatic heterocycles. The Morgan fingerprint density at radius 2 is 2.00 bits per heavy atom. The smallest absolute Gasteiger partial charge is 0.342 e. The van der Waals surface area contributed by atoms with Gasteiger partial charge >= 0.3 is 5.97 Å². The molecule has 2 heterocycles. The van der Waals surface area contributed by atoms with Gasteiger partial charge in [0, 0.05) is 0 Å². The van der Waals surface area contributed by atoms with Crippen molar-refractivity contribution in [2.24, 2.45) is 5.73 Å². The number of carbonyl (C=O) groups is 3. The van der Waals surface area contributed by atoms with Crippen LogP contribution in [0.25, 0.3) is 0 Å². The SMILES string of the molecule is Cc1cc(C(=O)OC(C)C(=O)Nc2sccc2C(N)=O)c(C)o1. The van der Waals surface area contributed by atoms with Crippen LogP contribution in [0.5, 0.6) is 0 Å². The zero-order valence-electron chi connectivity index (χ0n) is 12.8. The Morgan fingerprint density at radius 1 is 1.30 bits per heavy atom. The number of nitrogens with one attached hydrogen (secondary N) is 1. The van der Waals surface area contributed by atoms with E-state index in [1.807, 2.05) is 0 Å². The molecule has 122 valence electrons. The van der Waals surface area contributed by atoms with E-state index in [0.29, 0.717) is 16.5 Å². The second-order valence-electron chi connectivity index (χ2n) is 4.89. The van der Waals surface area contributed by atoms with E-state index in [1.165, 1.54) is 13.0 Å². The molecule has 0 radical (unpaired) electrons. The summed E-state index contributed by atoms with van der Waals surface area (Å²) in [4.78, 5) is 35.3. The molecule has 0 aliphatic rings. The van der Waals surface area contributed by atoms with Gasteiger partial charge in [0.25, 0.3) is 11.8 Å². The van der Waals surface area contributed by atoms with E-state index >= 15 is 0 Å². The Hall–Kier alpha value is -2.61. The number of aryl methyl sites for hydroxylation is 2. The van der Waals surface area contributed by atoms with E-state index < -0.39 is 23.9 Å². The van der Waals surface area contributed by atoms with Crippen LogP contribution in [0.1, 0.15) is 39.2 Å². The van der Waals surface area contributed by atoms with Crippen molar-refractivity contribution in [1.29, 1.82) is 0 Å². The topological polar surface area (TPSA) is 112 Å². The van der Waals surface area contributed by atoms with Gasteiger partial charge in [-0.25, -0.2) is 4.79 Å². The fourth-order valence-corrected chi connectivity index (χ4v) is 2.72. The van der Waals surface area contributed by atoms with Gasteiger partial charge in [-0.2, -0.15) is 0 Å². The first-order chi connectivity index (χ1) is 10.8. The summed E-state index contributed by atoms with van der Waals surface area (Å²) in [5.74, 6) is -0.842. The van der Waals surface area contributed by atoms with Gasteiger partial charge < -0.3 is 20.2 Å². The van der Waals surface area contributed by atoms with Gasteiger partial charge in [-0.15, -0.1) is 11.3 Å². The van der Waals surface area contributed by atoms with Gasteiger partial charge in [-0.1, -0.05) is 0 Å². The number of thiophene rings is 1. The molecule has 7 nitrogen and oxygen atoms in total. The largest absolute Gasteiger partial charge is 0.466 e. The number of esters is 1. The average molecular weight is 336 g/mol. The third-order valence-electron chi connectivity index (χ3n) is 3.08. The Morgan fingerprint density at radius 3 is 2.57 bits per heavy atom. The van der Waals surface area contributed by atoms with Crippen molar-refractivity contribution in [2.45, 2.75) is 26.9 Å². The summed E-state index contributed by atoms with van der Waals surface area (Å²) in [6.07, 6.45) is -1.04. The van der Waals surface area contributed by atoms with Crippen LogP contribution < -0.4 is 11.1 Å². The summed E-state index contributed by atoms with van der Waals surface area (Å²) in [5.41, 5.74) is 5.69. The maximum Gasteiger partial charge on any atom is 0.342 e. The molecule has 0 saturated carbocycles.